The Kier molecular flexibility index (Phi) is 4.50. The maximum Gasteiger partial charge on any atom is 0.303 e. The number of esters is 1. The fourth-order valence-corrected chi connectivity index (χ4v) is 5.68. The smallest absolute Gasteiger partial charge is 0.303 e. The Hall–Kier alpha value is -1.38. The number of hydrogen-bond donors (Lipinski definition) is 0. The summed E-state index contributed by atoms with van der Waals surface area (Å²) in [4.78, 5) is 24.0. The molecule has 138 valence electrons. The van der Waals surface area contributed by atoms with Crippen LogP contribution in [-0.4, -0.2) is 17.9 Å². The number of allylic oxidation sites excluding steroid dienone is 2. The molecule has 3 aliphatic rings. The van der Waals surface area contributed by atoms with E-state index < -0.39 is 0 Å². The lowest BCUT2D eigenvalue weighted by molar-refractivity contribution is -0.147. The molecule has 0 radical (unpaired) electrons. The summed E-state index contributed by atoms with van der Waals surface area (Å²) in [6.07, 6.45) is 5.47. The molecule has 0 saturated heterocycles. The van der Waals surface area contributed by atoms with E-state index in [1.165, 1.54) is 12.5 Å². The minimum absolute atomic E-state index is 0.0635. The Morgan fingerprint density at radius 2 is 1.92 bits per heavy atom. The molecule has 4 atom stereocenters. The number of carbonyl (C=O) groups excluding carboxylic acids is 2. The number of carbonyl (C=O) groups is 2. The molecular weight excluding hydrogens is 312 g/mol. The van der Waals surface area contributed by atoms with Crippen molar-refractivity contribution in [2.75, 3.05) is 0 Å². The molecule has 0 amide bonds. The normalized spacial score (nSPS) is 37.9. The van der Waals surface area contributed by atoms with E-state index in [0.29, 0.717) is 24.0 Å². The number of rotatable bonds is 1. The molecule has 2 fully saturated rings. The van der Waals surface area contributed by atoms with Gasteiger partial charge < -0.3 is 4.74 Å². The second kappa shape index (κ2) is 6.10. The van der Waals surface area contributed by atoms with E-state index in [1.807, 2.05) is 6.92 Å². The molecule has 3 nitrogen and oxygen atoms in total. The van der Waals surface area contributed by atoms with Gasteiger partial charge in [-0.25, -0.2) is 0 Å². The molecule has 3 heteroatoms. The third-order valence-electron chi connectivity index (χ3n) is 7.56. The molecule has 2 bridgehead atoms. The Bertz CT molecular complexity index is 654. The van der Waals surface area contributed by atoms with Crippen molar-refractivity contribution in [2.45, 2.75) is 79.2 Å². The number of fused-ring (bicyclic) bond motifs is 3. The van der Waals surface area contributed by atoms with Gasteiger partial charge in [0.25, 0.3) is 0 Å². The van der Waals surface area contributed by atoms with E-state index in [1.54, 1.807) is 0 Å². The topological polar surface area (TPSA) is 43.4 Å². The van der Waals surface area contributed by atoms with Gasteiger partial charge in [-0.2, -0.15) is 0 Å². The van der Waals surface area contributed by atoms with Gasteiger partial charge in [-0.3, -0.25) is 9.59 Å². The highest BCUT2D eigenvalue weighted by atomic mass is 16.5. The zero-order chi connectivity index (χ0) is 18.6. The van der Waals surface area contributed by atoms with E-state index in [9.17, 15) is 9.59 Å². The number of ketones is 1. The molecule has 0 aromatic carbocycles. The first-order chi connectivity index (χ1) is 11.6. The Labute approximate surface area is 151 Å². The lowest BCUT2D eigenvalue weighted by Crippen LogP contribution is -2.46. The van der Waals surface area contributed by atoms with Gasteiger partial charge in [0.1, 0.15) is 6.10 Å². The summed E-state index contributed by atoms with van der Waals surface area (Å²) in [6, 6.07) is 0. The molecule has 0 N–H and O–H groups in total. The summed E-state index contributed by atoms with van der Waals surface area (Å²) < 4.78 is 5.55. The largest absolute Gasteiger partial charge is 0.458 e. The number of Topliss-reactive ketones (excluding diaryl/α,β-unsaturated/α-hetero) is 1. The summed E-state index contributed by atoms with van der Waals surface area (Å²) in [5.41, 5.74) is 3.71. The summed E-state index contributed by atoms with van der Waals surface area (Å²) in [5, 5.41) is 0. The molecule has 2 saturated carbocycles. The second-order valence-electron chi connectivity index (χ2n) is 9.30. The van der Waals surface area contributed by atoms with Crippen molar-refractivity contribution in [3.8, 4) is 0 Å². The monoisotopic (exact) mass is 344 g/mol. The predicted molar refractivity (Wildman–Crippen MR) is 99.0 cm³/mol. The van der Waals surface area contributed by atoms with Gasteiger partial charge in [0.05, 0.1) is 0 Å². The minimum Gasteiger partial charge on any atom is -0.458 e. The van der Waals surface area contributed by atoms with E-state index in [4.69, 9.17) is 4.74 Å². The first kappa shape index (κ1) is 18.4. The molecule has 0 unspecified atom stereocenters. The van der Waals surface area contributed by atoms with Crippen LogP contribution in [0.1, 0.15) is 73.1 Å². The second-order valence-corrected chi connectivity index (χ2v) is 9.30. The highest BCUT2D eigenvalue weighted by Gasteiger charge is 2.50. The predicted octanol–water partition coefficient (Wildman–Crippen LogP) is 5.01. The van der Waals surface area contributed by atoms with Crippen LogP contribution in [0.5, 0.6) is 0 Å². The third-order valence-corrected chi connectivity index (χ3v) is 7.56. The average Bonchev–Trinajstić information content (AvgIpc) is 2.50. The van der Waals surface area contributed by atoms with Crippen LogP contribution in [0, 0.1) is 22.7 Å². The quantitative estimate of drug-likeness (QED) is 0.496. The lowest BCUT2D eigenvalue weighted by Gasteiger charge is -2.53. The highest BCUT2D eigenvalue weighted by Crippen LogP contribution is 2.58. The van der Waals surface area contributed by atoms with Gasteiger partial charge in [0, 0.05) is 13.3 Å². The molecule has 0 heterocycles. The SMILES string of the molecule is C=C1[C@@H](OC(C)=O)CC[C@@]2(C)CCC3=C(C)C(=O)C[C@@H](C[C@H]12)C3(C)C. The van der Waals surface area contributed by atoms with Crippen LogP contribution in [0.2, 0.25) is 0 Å². The van der Waals surface area contributed by atoms with Crippen molar-refractivity contribution in [1.29, 1.82) is 0 Å². The van der Waals surface area contributed by atoms with Crippen molar-refractivity contribution in [3.63, 3.8) is 0 Å². The fraction of sp³-hybridized carbons (Fsp3) is 0.727. The van der Waals surface area contributed by atoms with Crippen molar-refractivity contribution < 1.29 is 14.3 Å². The van der Waals surface area contributed by atoms with Crippen LogP contribution in [0.3, 0.4) is 0 Å². The van der Waals surface area contributed by atoms with Crippen LogP contribution >= 0.6 is 0 Å². The van der Waals surface area contributed by atoms with Crippen LogP contribution in [0.15, 0.2) is 23.3 Å². The van der Waals surface area contributed by atoms with E-state index in [-0.39, 0.29) is 22.9 Å². The Morgan fingerprint density at radius 3 is 2.56 bits per heavy atom. The molecule has 25 heavy (non-hydrogen) atoms. The van der Waals surface area contributed by atoms with Crippen LogP contribution in [0.25, 0.3) is 0 Å². The van der Waals surface area contributed by atoms with Gasteiger partial charge >= 0.3 is 5.97 Å². The van der Waals surface area contributed by atoms with Crippen LogP contribution in [0.4, 0.5) is 0 Å². The lowest BCUT2D eigenvalue weighted by atomic mass is 9.52. The molecule has 0 spiro atoms. The summed E-state index contributed by atoms with van der Waals surface area (Å²) in [6.45, 7) is 14.8. The minimum atomic E-state index is -0.227. The maximum atomic E-state index is 12.5. The maximum absolute atomic E-state index is 12.5. The van der Waals surface area contributed by atoms with Crippen LogP contribution < -0.4 is 0 Å². The Morgan fingerprint density at radius 1 is 1.24 bits per heavy atom. The van der Waals surface area contributed by atoms with Crippen molar-refractivity contribution in [1.82, 2.24) is 0 Å². The highest BCUT2D eigenvalue weighted by molar-refractivity contribution is 5.97. The first-order valence-corrected chi connectivity index (χ1v) is 9.65. The standard InChI is InChI=1S/C22H32O3/c1-13-17-7-9-22(6)10-8-20(25-15(3)23)14(2)18(22)11-16(12-19(13)24)21(17,4)5/h16,18,20H,2,7-12H2,1,3-6H3/t16-,18-,20+,22-/m1/s1. The number of hydrogen-bond acceptors (Lipinski definition) is 3. The summed E-state index contributed by atoms with van der Waals surface area (Å²) >= 11 is 0. The zero-order valence-electron chi connectivity index (χ0n) is 16.4. The summed E-state index contributed by atoms with van der Waals surface area (Å²) in [5.74, 6) is 0.759. The molecule has 3 aliphatic carbocycles. The van der Waals surface area contributed by atoms with E-state index in [2.05, 4.69) is 27.4 Å². The molecule has 3 rings (SSSR count). The molecular formula is C22H32O3. The molecule has 0 aliphatic heterocycles. The van der Waals surface area contributed by atoms with Gasteiger partial charge in [-0.1, -0.05) is 32.9 Å². The van der Waals surface area contributed by atoms with E-state index in [0.717, 1.165) is 43.3 Å². The van der Waals surface area contributed by atoms with Crippen LogP contribution in [-0.2, 0) is 14.3 Å². The Balaban J connectivity index is 1.97. The van der Waals surface area contributed by atoms with Gasteiger partial charge in [-0.15, -0.1) is 0 Å². The van der Waals surface area contributed by atoms with Gasteiger partial charge in [-0.05, 0) is 72.8 Å². The van der Waals surface area contributed by atoms with Crippen molar-refractivity contribution in [3.05, 3.63) is 23.3 Å². The fourth-order valence-electron chi connectivity index (χ4n) is 5.68. The first-order valence-electron chi connectivity index (χ1n) is 9.65. The molecule has 0 aromatic heterocycles. The zero-order valence-corrected chi connectivity index (χ0v) is 16.4. The van der Waals surface area contributed by atoms with Crippen molar-refractivity contribution >= 4 is 11.8 Å². The number of ether oxygens (including phenoxy) is 1. The van der Waals surface area contributed by atoms with Gasteiger partial charge in [0.15, 0.2) is 5.78 Å². The average molecular weight is 344 g/mol. The van der Waals surface area contributed by atoms with Gasteiger partial charge in [0.2, 0.25) is 0 Å². The van der Waals surface area contributed by atoms with E-state index >= 15 is 0 Å². The van der Waals surface area contributed by atoms with Crippen molar-refractivity contribution in [2.24, 2.45) is 22.7 Å². The molecule has 0 aromatic rings. The summed E-state index contributed by atoms with van der Waals surface area (Å²) in [7, 11) is 0. The third kappa shape index (κ3) is 3.00.